The fourth-order valence-electron chi connectivity index (χ4n) is 3.49. The van der Waals surface area contributed by atoms with Gasteiger partial charge < -0.3 is 10.1 Å². The fourth-order valence-corrected chi connectivity index (χ4v) is 3.97. The highest BCUT2D eigenvalue weighted by Crippen LogP contribution is 2.29. The van der Waals surface area contributed by atoms with Crippen LogP contribution >= 0.6 is 15.9 Å². The standard InChI is InChI=1S/C27H16BrN3O5/c28-22-15-17(14-19(16-29)26(32)30-23-10-3-4-11-24(23)31(34)35)12-13-25(22)36-27(33)21-9-5-7-18-6-1-2-8-20(18)21/h1-15H,(H,30,32)/b19-14+. The van der Waals surface area contributed by atoms with Crippen molar-refractivity contribution in [1.82, 2.24) is 0 Å². The summed E-state index contributed by atoms with van der Waals surface area (Å²) in [5, 5.41) is 24.7. The van der Waals surface area contributed by atoms with Crippen molar-refractivity contribution in [2.75, 3.05) is 5.32 Å². The second kappa shape index (κ2) is 10.6. The van der Waals surface area contributed by atoms with Crippen molar-refractivity contribution >= 4 is 56.0 Å². The average Bonchev–Trinajstić information content (AvgIpc) is 2.88. The van der Waals surface area contributed by atoms with Gasteiger partial charge in [-0.1, -0.05) is 54.6 Å². The van der Waals surface area contributed by atoms with Crippen LogP contribution in [-0.2, 0) is 4.79 Å². The number of benzene rings is 4. The summed E-state index contributed by atoms with van der Waals surface area (Å²) in [6.45, 7) is 0. The molecule has 0 atom stereocenters. The number of para-hydroxylation sites is 2. The van der Waals surface area contributed by atoms with Crippen LogP contribution in [0.4, 0.5) is 11.4 Å². The molecule has 36 heavy (non-hydrogen) atoms. The second-order valence-corrected chi connectivity index (χ2v) is 8.36. The summed E-state index contributed by atoms with van der Waals surface area (Å²) in [7, 11) is 0. The molecule has 0 spiro atoms. The topological polar surface area (TPSA) is 122 Å². The lowest BCUT2D eigenvalue weighted by molar-refractivity contribution is -0.383. The van der Waals surface area contributed by atoms with E-state index in [9.17, 15) is 25.0 Å². The third-order valence-corrected chi connectivity index (χ3v) is 5.81. The predicted octanol–water partition coefficient (Wildman–Crippen LogP) is 6.28. The number of fused-ring (bicyclic) bond motifs is 1. The lowest BCUT2D eigenvalue weighted by Gasteiger charge is -2.09. The first kappa shape index (κ1) is 24.3. The molecule has 4 rings (SSSR count). The van der Waals surface area contributed by atoms with Crippen LogP contribution in [0, 0.1) is 21.4 Å². The summed E-state index contributed by atoms with van der Waals surface area (Å²) in [4.78, 5) is 36.0. The minimum atomic E-state index is -0.797. The van der Waals surface area contributed by atoms with E-state index in [1.165, 1.54) is 36.4 Å². The smallest absolute Gasteiger partial charge is 0.344 e. The molecule has 4 aromatic rings. The first-order valence-corrected chi connectivity index (χ1v) is 11.3. The number of nitro benzene ring substituents is 1. The molecule has 176 valence electrons. The maximum Gasteiger partial charge on any atom is 0.344 e. The number of hydrogen-bond donors (Lipinski definition) is 1. The Morgan fingerprint density at radius 3 is 2.47 bits per heavy atom. The molecule has 8 nitrogen and oxygen atoms in total. The molecule has 9 heteroatoms. The van der Waals surface area contributed by atoms with E-state index in [1.807, 2.05) is 30.3 Å². The van der Waals surface area contributed by atoms with Gasteiger partial charge in [-0.15, -0.1) is 0 Å². The van der Waals surface area contributed by atoms with E-state index in [2.05, 4.69) is 21.2 Å². The Hall–Kier alpha value is -4.81. The Labute approximate surface area is 213 Å². The van der Waals surface area contributed by atoms with Gasteiger partial charge in [0.2, 0.25) is 0 Å². The van der Waals surface area contributed by atoms with E-state index < -0.39 is 16.8 Å². The number of carbonyl (C=O) groups is 2. The number of halogens is 1. The molecule has 0 aliphatic carbocycles. The molecule has 0 aliphatic rings. The summed E-state index contributed by atoms with van der Waals surface area (Å²) >= 11 is 3.36. The van der Waals surface area contributed by atoms with E-state index in [1.54, 1.807) is 30.3 Å². The summed E-state index contributed by atoms with van der Waals surface area (Å²) < 4.78 is 6.00. The van der Waals surface area contributed by atoms with Gasteiger partial charge in [-0.25, -0.2) is 4.79 Å². The maximum atomic E-state index is 12.8. The van der Waals surface area contributed by atoms with Gasteiger partial charge in [0, 0.05) is 6.07 Å². The van der Waals surface area contributed by atoms with Crippen LogP contribution in [0.1, 0.15) is 15.9 Å². The van der Waals surface area contributed by atoms with Gasteiger partial charge in [0.05, 0.1) is 15.0 Å². The quantitative estimate of drug-likeness (QED) is 0.0765. The molecular formula is C27H16BrN3O5. The number of nitriles is 1. The van der Waals surface area contributed by atoms with Crippen molar-refractivity contribution < 1.29 is 19.2 Å². The Morgan fingerprint density at radius 1 is 1.00 bits per heavy atom. The highest BCUT2D eigenvalue weighted by atomic mass is 79.9. The third-order valence-electron chi connectivity index (χ3n) is 5.19. The number of amides is 1. The first-order valence-electron chi connectivity index (χ1n) is 10.5. The number of nitrogens with zero attached hydrogens (tertiary/aromatic N) is 2. The molecular weight excluding hydrogens is 526 g/mol. The molecule has 0 fully saturated rings. The minimum absolute atomic E-state index is 0.0227. The Balaban J connectivity index is 1.54. The summed E-state index contributed by atoms with van der Waals surface area (Å²) in [6.07, 6.45) is 1.32. The molecule has 1 N–H and O–H groups in total. The van der Waals surface area contributed by atoms with Crippen LogP contribution < -0.4 is 10.1 Å². The molecule has 0 radical (unpaired) electrons. The molecule has 0 aromatic heterocycles. The Bertz CT molecular complexity index is 1580. The monoisotopic (exact) mass is 541 g/mol. The number of anilines is 1. The van der Waals surface area contributed by atoms with E-state index in [0.717, 1.165) is 10.8 Å². The number of esters is 1. The van der Waals surface area contributed by atoms with Crippen molar-refractivity contribution in [3.8, 4) is 11.8 Å². The molecule has 4 aromatic carbocycles. The van der Waals surface area contributed by atoms with E-state index >= 15 is 0 Å². The number of hydrogen-bond acceptors (Lipinski definition) is 6. The van der Waals surface area contributed by atoms with Crippen LogP contribution in [-0.4, -0.2) is 16.8 Å². The third kappa shape index (κ3) is 5.29. The molecule has 0 bridgehead atoms. The average molecular weight is 542 g/mol. The van der Waals surface area contributed by atoms with Crippen LogP contribution in [0.2, 0.25) is 0 Å². The summed E-state index contributed by atoms with van der Waals surface area (Å²) in [5.74, 6) is -1.07. The predicted molar refractivity (Wildman–Crippen MR) is 138 cm³/mol. The summed E-state index contributed by atoms with van der Waals surface area (Å²) in [6, 6.07) is 25.0. The van der Waals surface area contributed by atoms with Crippen molar-refractivity contribution in [1.29, 1.82) is 5.26 Å². The number of ether oxygens (including phenoxy) is 1. The number of nitro groups is 1. The van der Waals surface area contributed by atoms with Crippen LogP contribution in [0.5, 0.6) is 5.75 Å². The highest BCUT2D eigenvalue weighted by Gasteiger charge is 2.18. The van der Waals surface area contributed by atoms with Gasteiger partial charge in [-0.2, -0.15) is 5.26 Å². The van der Waals surface area contributed by atoms with Gasteiger partial charge in [0.15, 0.2) is 0 Å². The normalized spacial score (nSPS) is 10.9. The molecule has 0 aliphatic heterocycles. The Kier molecular flexibility index (Phi) is 7.18. The van der Waals surface area contributed by atoms with E-state index in [4.69, 9.17) is 4.74 Å². The zero-order valence-corrected chi connectivity index (χ0v) is 20.1. The second-order valence-electron chi connectivity index (χ2n) is 7.50. The maximum absolute atomic E-state index is 12.8. The lowest BCUT2D eigenvalue weighted by atomic mass is 10.0. The van der Waals surface area contributed by atoms with Gasteiger partial charge in [-0.3, -0.25) is 14.9 Å². The van der Waals surface area contributed by atoms with Crippen LogP contribution in [0.25, 0.3) is 16.8 Å². The van der Waals surface area contributed by atoms with Crippen molar-refractivity contribution in [2.24, 2.45) is 0 Å². The molecule has 0 unspecified atom stereocenters. The number of carbonyl (C=O) groups excluding carboxylic acids is 2. The van der Waals surface area contributed by atoms with Gasteiger partial charge in [-0.05, 0) is 62.6 Å². The van der Waals surface area contributed by atoms with Crippen molar-refractivity contribution in [3.05, 3.63) is 116 Å². The lowest BCUT2D eigenvalue weighted by Crippen LogP contribution is -2.14. The molecule has 1 amide bonds. The number of rotatable bonds is 6. The van der Waals surface area contributed by atoms with Gasteiger partial charge >= 0.3 is 5.97 Å². The largest absolute Gasteiger partial charge is 0.422 e. The van der Waals surface area contributed by atoms with Crippen molar-refractivity contribution in [3.63, 3.8) is 0 Å². The van der Waals surface area contributed by atoms with E-state index in [0.29, 0.717) is 15.6 Å². The molecule has 0 saturated heterocycles. The minimum Gasteiger partial charge on any atom is -0.422 e. The summed E-state index contributed by atoms with van der Waals surface area (Å²) in [5.41, 5.74) is 0.317. The zero-order valence-electron chi connectivity index (χ0n) is 18.5. The SMILES string of the molecule is N#C/C(=C\c1ccc(OC(=O)c2cccc3ccccc23)c(Br)c1)C(=O)Nc1ccccc1[N+](=O)[O-]. The fraction of sp³-hybridized carbons (Fsp3) is 0. The van der Waals surface area contributed by atoms with Gasteiger partial charge in [0.1, 0.15) is 23.1 Å². The zero-order chi connectivity index (χ0) is 25.7. The molecule has 0 saturated carbocycles. The number of nitrogens with one attached hydrogen (secondary N) is 1. The van der Waals surface area contributed by atoms with Gasteiger partial charge in [0.25, 0.3) is 11.6 Å². The van der Waals surface area contributed by atoms with Crippen molar-refractivity contribution in [2.45, 2.75) is 0 Å². The Morgan fingerprint density at radius 2 is 1.72 bits per heavy atom. The highest BCUT2D eigenvalue weighted by molar-refractivity contribution is 9.10. The van der Waals surface area contributed by atoms with E-state index in [-0.39, 0.29) is 22.7 Å². The first-order chi connectivity index (χ1) is 17.4. The van der Waals surface area contributed by atoms with Crippen LogP contribution in [0.3, 0.4) is 0 Å². The van der Waals surface area contributed by atoms with Crippen LogP contribution in [0.15, 0.2) is 95.0 Å². The molecule has 0 heterocycles.